The predicted octanol–water partition coefficient (Wildman–Crippen LogP) is 1.17. The summed E-state index contributed by atoms with van der Waals surface area (Å²) in [6.07, 6.45) is 1.92. The summed E-state index contributed by atoms with van der Waals surface area (Å²) in [6.45, 7) is 3.94. The predicted molar refractivity (Wildman–Crippen MR) is 50.2 cm³/mol. The van der Waals surface area contributed by atoms with Gasteiger partial charge in [0, 0.05) is 12.8 Å². The van der Waals surface area contributed by atoms with E-state index in [0.29, 0.717) is 29.9 Å². The van der Waals surface area contributed by atoms with E-state index < -0.39 is 0 Å². The quantitative estimate of drug-likeness (QED) is 0.750. The average Bonchev–Trinajstić information content (AvgIpc) is 2.87. The highest BCUT2D eigenvalue weighted by molar-refractivity contribution is 4.95. The fraction of sp³-hybridized carbons (Fsp3) is 0.556. The zero-order chi connectivity index (χ0) is 10.7. The summed E-state index contributed by atoms with van der Waals surface area (Å²) in [5.74, 6) is 2.41. The molecule has 0 radical (unpaired) electrons. The number of aryl methyl sites for hydroxylation is 2. The van der Waals surface area contributed by atoms with Gasteiger partial charge in [0.15, 0.2) is 11.6 Å². The summed E-state index contributed by atoms with van der Waals surface area (Å²) in [7, 11) is 0. The Morgan fingerprint density at radius 3 is 1.67 bits per heavy atom. The fourth-order valence-electron chi connectivity index (χ4n) is 1.14. The maximum atomic E-state index is 5.01. The van der Waals surface area contributed by atoms with Gasteiger partial charge in [-0.2, -0.15) is 9.97 Å². The van der Waals surface area contributed by atoms with Crippen LogP contribution in [-0.2, 0) is 19.3 Å². The van der Waals surface area contributed by atoms with Gasteiger partial charge in [-0.1, -0.05) is 24.2 Å². The molecule has 0 unspecified atom stereocenters. The van der Waals surface area contributed by atoms with Crippen LogP contribution in [0.25, 0.3) is 0 Å². The smallest absolute Gasteiger partial charge is 0.236 e. The van der Waals surface area contributed by atoms with Gasteiger partial charge in [-0.25, -0.2) is 0 Å². The molecule has 2 rings (SSSR count). The van der Waals surface area contributed by atoms with Crippen molar-refractivity contribution in [2.24, 2.45) is 0 Å². The molecule has 0 bridgehead atoms. The molecule has 0 saturated heterocycles. The van der Waals surface area contributed by atoms with Gasteiger partial charge in [-0.05, 0) is 0 Å². The molecule has 2 aromatic rings. The molecular formula is C9H12N4O2. The average molecular weight is 208 g/mol. The number of hydrogen-bond donors (Lipinski definition) is 0. The van der Waals surface area contributed by atoms with Crippen molar-refractivity contribution in [3.8, 4) is 0 Å². The molecule has 0 saturated carbocycles. The molecule has 0 spiro atoms. The van der Waals surface area contributed by atoms with Crippen LogP contribution in [0.1, 0.15) is 37.3 Å². The van der Waals surface area contributed by atoms with Crippen molar-refractivity contribution in [3.05, 3.63) is 23.4 Å². The topological polar surface area (TPSA) is 77.8 Å². The van der Waals surface area contributed by atoms with Gasteiger partial charge in [-0.15, -0.1) is 0 Å². The molecule has 6 heteroatoms. The van der Waals surface area contributed by atoms with Crippen molar-refractivity contribution in [1.29, 1.82) is 0 Å². The van der Waals surface area contributed by atoms with E-state index in [-0.39, 0.29) is 0 Å². The zero-order valence-corrected chi connectivity index (χ0v) is 8.73. The van der Waals surface area contributed by atoms with E-state index in [1.165, 1.54) is 0 Å². The van der Waals surface area contributed by atoms with E-state index in [0.717, 1.165) is 12.8 Å². The molecule has 0 fully saturated rings. The van der Waals surface area contributed by atoms with Crippen molar-refractivity contribution in [1.82, 2.24) is 20.3 Å². The molecule has 2 aromatic heterocycles. The Labute approximate surface area is 86.7 Å². The zero-order valence-electron chi connectivity index (χ0n) is 8.73. The van der Waals surface area contributed by atoms with E-state index >= 15 is 0 Å². The van der Waals surface area contributed by atoms with Crippen LogP contribution in [0.2, 0.25) is 0 Å². The minimum absolute atomic E-state index is 0.403. The molecule has 0 aliphatic carbocycles. The highest BCUT2D eigenvalue weighted by atomic mass is 16.5. The lowest BCUT2D eigenvalue weighted by atomic mass is 10.4. The summed E-state index contributed by atoms with van der Waals surface area (Å²) in [5, 5.41) is 7.56. The van der Waals surface area contributed by atoms with Gasteiger partial charge in [-0.3, -0.25) is 0 Å². The first-order valence-corrected chi connectivity index (χ1v) is 4.94. The number of rotatable bonds is 4. The lowest BCUT2D eigenvalue weighted by molar-refractivity contribution is 0.344. The van der Waals surface area contributed by atoms with Crippen LogP contribution in [-0.4, -0.2) is 20.3 Å². The van der Waals surface area contributed by atoms with Crippen molar-refractivity contribution in [3.63, 3.8) is 0 Å². The summed E-state index contributed by atoms with van der Waals surface area (Å²) < 4.78 is 10.0. The van der Waals surface area contributed by atoms with Crippen molar-refractivity contribution in [2.75, 3.05) is 0 Å². The molecule has 0 aliphatic heterocycles. The van der Waals surface area contributed by atoms with Crippen LogP contribution in [0.15, 0.2) is 9.05 Å². The molecule has 0 amide bonds. The van der Waals surface area contributed by atoms with Gasteiger partial charge in [0.2, 0.25) is 11.8 Å². The Balaban J connectivity index is 2.07. The number of aromatic nitrogens is 4. The second kappa shape index (κ2) is 4.20. The van der Waals surface area contributed by atoms with Crippen LogP contribution in [0.4, 0.5) is 0 Å². The first kappa shape index (κ1) is 9.82. The third-order valence-electron chi connectivity index (χ3n) is 1.96. The molecule has 0 aliphatic rings. The molecular weight excluding hydrogens is 196 g/mol. The number of hydrogen-bond acceptors (Lipinski definition) is 6. The van der Waals surface area contributed by atoms with Gasteiger partial charge in [0.05, 0.1) is 0 Å². The lowest BCUT2D eigenvalue weighted by Crippen LogP contribution is -1.90. The highest BCUT2D eigenvalue weighted by Crippen LogP contribution is 2.06. The summed E-state index contributed by atoms with van der Waals surface area (Å²) in [4.78, 5) is 8.31. The second-order valence-corrected chi connectivity index (χ2v) is 3.09. The van der Waals surface area contributed by atoms with Crippen molar-refractivity contribution < 1.29 is 9.05 Å². The molecule has 15 heavy (non-hydrogen) atoms. The van der Waals surface area contributed by atoms with E-state index in [9.17, 15) is 0 Å². The molecule has 2 heterocycles. The highest BCUT2D eigenvalue weighted by Gasteiger charge is 2.11. The minimum atomic E-state index is 0.403. The second-order valence-electron chi connectivity index (χ2n) is 3.09. The summed E-state index contributed by atoms with van der Waals surface area (Å²) in [5.41, 5.74) is 0. The SMILES string of the molecule is CCc1noc(Cc2nc(CC)no2)n1. The van der Waals surface area contributed by atoms with Gasteiger partial charge in [0.25, 0.3) is 0 Å². The van der Waals surface area contributed by atoms with E-state index in [2.05, 4.69) is 20.3 Å². The first-order valence-electron chi connectivity index (χ1n) is 4.94. The lowest BCUT2D eigenvalue weighted by Gasteiger charge is -1.84. The van der Waals surface area contributed by atoms with E-state index in [1.54, 1.807) is 0 Å². The largest absolute Gasteiger partial charge is 0.339 e. The molecule has 80 valence electrons. The van der Waals surface area contributed by atoms with Crippen LogP contribution < -0.4 is 0 Å². The maximum absolute atomic E-state index is 5.01. The summed E-state index contributed by atoms with van der Waals surface area (Å²) >= 11 is 0. The van der Waals surface area contributed by atoms with Crippen LogP contribution in [0.5, 0.6) is 0 Å². The fourth-order valence-corrected chi connectivity index (χ4v) is 1.14. The van der Waals surface area contributed by atoms with Crippen LogP contribution in [0.3, 0.4) is 0 Å². The standard InChI is InChI=1S/C9H12N4O2/c1-3-6-10-8(14-12-6)5-9-11-7(4-2)13-15-9/h3-5H2,1-2H3. The molecule has 0 N–H and O–H groups in total. The van der Waals surface area contributed by atoms with E-state index in [1.807, 2.05) is 13.8 Å². The summed E-state index contributed by atoms with van der Waals surface area (Å²) in [6, 6.07) is 0. The Kier molecular flexibility index (Phi) is 2.75. The van der Waals surface area contributed by atoms with Gasteiger partial charge in [0.1, 0.15) is 6.42 Å². The number of nitrogens with zero attached hydrogens (tertiary/aromatic N) is 4. The third-order valence-corrected chi connectivity index (χ3v) is 1.96. The first-order chi connectivity index (χ1) is 7.31. The Hall–Kier alpha value is -1.72. The van der Waals surface area contributed by atoms with Crippen LogP contribution in [0, 0.1) is 0 Å². The van der Waals surface area contributed by atoms with Crippen LogP contribution >= 0.6 is 0 Å². The third kappa shape index (κ3) is 2.20. The van der Waals surface area contributed by atoms with Gasteiger partial charge >= 0.3 is 0 Å². The monoisotopic (exact) mass is 208 g/mol. The van der Waals surface area contributed by atoms with Gasteiger partial charge < -0.3 is 9.05 Å². The van der Waals surface area contributed by atoms with Crippen molar-refractivity contribution in [2.45, 2.75) is 33.1 Å². The molecule has 0 atom stereocenters. The Bertz CT molecular complexity index is 395. The van der Waals surface area contributed by atoms with E-state index in [4.69, 9.17) is 9.05 Å². The molecule has 6 nitrogen and oxygen atoms in total. The molecule has 0 aromatic carbocycles. The van der Waals surface area contributed by atoms with Crippen molar-refractivity contribution >= 4 is 0 Å². The Morgan fingerprint density at radius 2 is 1.33 bits per heavy atom. The Morgan fingerprint density at radius 1 is 0.867 bits per heavy atom. The maximum Gasteiger partial charge on any atom is 0.236 e. The minimum Gasteiger partial charge on any atom is -0.339 e. The normalized spacial score (nSPS) is 10.8.